The van der Waals surface area contributed by atoms with Gasteiger partial charge in [-0.3, -0.25) is 0 Å². The van der Waals surface area contributed by atoms with Crippen LogP contribution in [0.1, 0.15) is 5.56 Å². The average molecular weight is 451 g/mol. The molecule has 3 nitrogen and oxygen atoms in total. The summed E-state index contributed by atoms with van der Waals surface area (Å²) in [5.41, 5.74) is 2.97. The second kappa shape index (κ2) is 8.75. The van der Waals surface area contributed by atoms with Crippen molar-refractivity contribution < 1.29 is 4.42 Å². The Bertz CT molecular complexity index is 1140. The van der Waals surface area contributed by atoms with E-state index in [-0.39, 0.29) is 0 Å². The van der Waals surface area contributed by atoms with Crippen molar-refractivity contribution >= 4 is 53.1 Å². The summed E-state index contributed by atoms with van der Waals surface area (Å²) >= 11 is 7.23. The number of nitrogens with zero attached hydrogens (tertiary/aromatic N) is 2. The topological polar surface area (TPSA) is 38.9 Å². The molecule has 0 saturated heterocycles. The summed E-state index contributed by atoms with van der Waals surface area (Å²) in [7, 11) is 0. The molecule has 0 radical (unpaired) electrons. The predicted molar refractivity (Wildman–Crippen MR) is 129 cm³/mol. The first-order chi connectivity index (χ1) is 14.3. The van der Waals surface area contributed by atoms with E-state index in [9.17, 15) is 0 Å². The number of hydrogen-bond donors (Lipinski definition) is 0. The number of aromatic nitrogens is 2. The van der Waals surface area contributed by atoms with Gasteiger partial charge in [-0.1, -0.05) is 83.5 Å². The fraction of sp³-hybridized carbons (Fsp3) is 0. The monoisotopic (exact) mass is 450 g/mol. The molecule has 7 heteroatoms. The summed E-state index contributed by atoms with van der Waals surface area (Å²) in [6.45, 7) is 0. The van der Waals surface area contributed by atoms with Gasteiger partial charge in [-0.05, 0) is 52.1 Å². The fourth-order valence-corrected chi connectivity index (χ4v) is 7.03. The molecular weight excluding hydrogens is 437 g/mol. The van der Waals surface area contributed by atoms with Gasteiger partial charge >= 0.3 is 0 Å². The summed E-state index contributed by atoms with van der Waals surface area (Å²) in [6, 6.07) is 18.0. The summed E-state index contributed by atoms with van der Waals surface area (Å²) < 4.78 is 8.57. The van der Waals surface area contributed by atoms with Crippen molar-refractivity contribution in [1.29, 1.82) is 0 Å². The maximum Gasteiger partial charge on any atom is 0.248 e. The highest BCUT2D eigenvalue weighted by molar-refractivity contribution is 8.33. The fourth-order valence-electron chi connectivity index (χ4n) is 2.69. The van der Waals surface area contributed by atoms with Gasteiger partial charge in [0.25, 0.3) is 0 Å². The van der Waals surface area contributed by atoms with Gasteiger partial charge in [0.15, 0.2) is 0 Å². The second-order valence-corrected chi connectivity index (χ2v) is 10.4. The van der Waals surface area contributed by atoms with E-state index in [0.29, 0.717) is 11.8 Å². The van der Waals surface area contributed by atoms with Gasteiger partial charge in [-0.2, -0.15) is 0 Å². The Balaban J connectivity index is 1.26. The Morgan fingerprint density at radius 1 is 0.690 bits per heavy atom. The lowest BCUT2D eigenvalue weighted by molar-refractivity contribution is 0.584. The highest BCUT2D eigenvalue weighted by Crippen LogP contribution is 2.53. The third-order valence-electron chi connectivity index (χ3n) is 4.11. The van der Waals surface area contributed by atoms with E-state index in [4.69, 9.17) is 4.42 Å². The first-order valence-corrected chi connectivity index (χ1v) is 12.3. The van der Waals surface area contributed by atoms with Crippen molar-refractivity contribution in [2.24, 2.45) is 0 Å². The molecule has 3 aromatic rings. The molecule has 0 N–H and O–H groups in total. The van der Waals surface area contributed by atoms with Crippen molar-refractivity contribution in [3.8, 4) is 22.9 Å². The zero-order valence-corrected chi connectivity index (χ0v) is 18.3. The maximum absolute atomic E-state index is 5.83. The molecule has 0 unspecified atom stereocenters. The van der Waals surface area contributed by atoms with E-state index in [1.807, 2.05) is 54.2 Å². The van der Waals surface area contributed by atoms with Gasteiger partial charge in [-0.25, -0.2) is 0 Å². The minimum absolute atomic E-state index is 0.529. The van der Waals surface area contributed by atoms with Crippen LogP contribution in [-0.2, 0) is 0 Å². The molecule has 0 amide bonds. The molecule has 0 fully saturated rings. The quantitative estimate of drug-likeness (QED) is 0.401. The first-order valence-electron chi connectivity index (χ1n) is 8.80. The van der Waals surface area contributed by atoms with E-state index >= 15 is 0 Å². The van der Waals surface area contributed by atoms with Crippen LogP contribution in [0.3, 0.4) is 0 Å². The lowest BCUT2D eigenvalue weighted by Gasteiger charge is -2.00. The zero-order chi connectivity index (χ0) is 19.5. The lowest BCUT2D eigenvalue weighted by Crippen LogP contribution is -1.79. The first kappa shape index (κ1) is 18.9. The van der Waals surface area contributed by atoms with E-state index in [1.54, 1.807) is 35.3 Å². The molecule has 0 aliphatic carbocycles. The van der Waals surface area contributed by atoms with Crippen LogP contribution >= 0.6 is 47.0 Å². The van der Waals surface area contributed by atoms with Crippen LogP contribution < -0.4 is 0 Å². The van der Waals surface area contributed by atoms with Gasteiger partial charge in [0.2, 0.25) is 11.8 Å². The molecule has 142 valence electrons. The lowest BCUT2D eigenvalue weighted by atomic mass is 10.1. The van der Waals surface area contributed by atoms with Crippen molar-refractivity contribution in [3.63, 3.8) is 0 Å². The van der Waals surface area contributed by atoms with Crippen LogP contribution in [0.5, 0.6) is 0 Å². The van der Waals surface area contributed by atoms with Crippen LogP contribution in [0, 0.1) is 0 Å². The normalized spacial score (nSPS) is 16.2. The van der Waals surface area contributed by atoms with Gasteiger partial charge < -0.3 is 4.42 Å². The zero-order valence-electron chi connectivity index (χ0n) is 15.0. The van der Waals surface area contributed by atoms with E-state index in [0.717, 1.165) is 16.7 Å². The minimum Gasteiger partial charge on any atom is -0.416 e. The van der Waals surface area contributed by atoms with E-state index in [2.05, 4.69) is 50.7 Å². The van der Waals surface area contributed by atoms with Gasteiger partial charge in [-0.15, -0.1) is 10.2 Å². The number of allylic oxidation sites excluding steroid dienone is 1. The molecule has 0 atom stereocenters. The molecule has 2 aliphatic heterocycles. The number of rotatable bonds is 4. The van der Waals surface area contributed by atoms with Crippen molar-refractivity contribution in [3.05, 3.63) is 95.8 Å². The molecule has 2 aromatic carbocycles. The third kappa shape index (κ3) is 4.43. The highest BCUT2D eigenvalue weighted by atomic mass is 32.2. The number of benzene rings is 2. The molecule has 0 bridgehead atoms. The average Bonchev–Trinajstić information content (AvgIpc) is 3.55. The molecular formula is C22H14N2OS4. The van der Waals surface area contributed by atoms with E-state index < -0.39 is 0 Å². The van der Waals surface area contributed by atoms with Crippen LogP contribution in [0.15, 0.2) is 94.7 Å². The Morgan fingerprint density at radius 2 is 1.38 bits per heavy atom. The Morgan fingerprint density at radius 3 is 2.10 bits per heavy atom. The number of hydrogen-bond acceptors (Lipinski definition) is 7. The Kier molecular flexibility index (Phi) is 5.71. The standard InChI is InChI=1S/C22H14N2OS4/c1-2-4-16(5-3-1)19-23-24-20(25-19)17-9-6-15(7-10-17)8-11-18-14-28-22(29-18)21-26-12-13-27-21/h1-14H/b11-8+. The van der Waals surface area contributed by atoms with Gasteiger partial charge in [0, 0.05) is 16.0 Å². The predicted octanol–water partition coefficient (Wildman–Crippen LogP) is 7.82. The molecule has 5 rings (SSSR count). The van der Waals surface area contributed by atoms with Crippen LogP contribution in [0.25, 0.3) is 29.0 Å². The molecule has 0 saturated carbocycles. The Hall–Kier alpha value is -2.06. The highest BCUT2D eigenvalue weighted by Gasteiger charge is 2.17. The van der Waals surface area contributed by atoms with E-state index in [1.165, 1.54) is 13.4 Å². The SMILES string of the molecule is C1=CSC(=C2SC=C(/C=C/c3ccc(-c4nnc(-c5ccccc5)o4)cc3)S2)S1. The van der Waals surface area contributed by atoms with Crippen LogP contribution in [0.4, 0.5) is 0 Å². The van der Waals surface area contributed by atoms with Crippen molar-refractivity contribution in [2.75, 3.05) is 0 Å². The smallest absolute Gasteiger partial charge is 0.248 e. The summed E-state index contributed by atoms with van der Waals surface area (Å²) in [5.74, 6) is 1.06. The molecule has 1 aromatic heterocycles. The minimum atomic E-state index is 0.529. The maximum atomic E-state index is 5.83. The summed E-state index contributed by atoms with van der Waals surface area (Å²) in [5, 5.41) is 14.8. The van der Waals surface area contributed by atoms with Crippen LogP contribution in [-0.4, -0.2) is 10.2 Å². The molecule has 0 spiro atoms. The summed E-state index contributed by atoms with van der Waals surface area (Å²) in [4.78, 5) is 1.26. The van der Waals surface area contributed by atoms with Crippen LogP contribution in [0.2, 0.25) is 0 Å². The third-order valence-corrected chi connectivity index (χ3v) is 9.11. The van der Waals surface area contributed by atoms with Crippen molar-refractivity contribution in [1.82, 2.24) is 10.2 Å². The van der Waals surface area contributed by atoms with Gasteiger partial charge in [0.05, 0.1) is 8.47 Å². The molecule has 3 heterocycles. The molecule has 29 heavy (non-hydrogen) atoms. The second-order valence-electron chi connectivity index (χ2n) is 6.06. The molecule has 2 aliphatic rings. The number of thioether (sulfide) groups is 4. The summed E-state index contributed by atoms with van der Waals surface area (Å²) in [6.07, 6.45) is 4.30. The van der Waals surface area contributed by atoms with Crippen molar-refractivity contribution in [2.45, 2.75) is 0 Å². The Labute approximate surface area is 185 Å². The largest absolute Gasteiger partial charge is 0.416 e. The van der Waals surface area contributed by atoms with Gasteiger partial charge in [0.1, 0.15) is 0 Å².